The van der Waals surface area contributed by atoms with E-state index in [2.05, 4.69) is 27.7 Å². The topological polar surface area (TPSA) is 0 Å². The molecule has 0 aliphatic rings. The molecule has 0 rings (SSSR count). The van der Waals surface area contributed by atoms with Crippen molar-refractivity contribution in [2.45, 2.75) is 137 Å². The first-order valence-electron chi connectivity index (χ1n) is 11.3. The van der Waals surface area contributed by atoms with Gasteiger partial charge in [-0.25, -0.2) is 0 Å². The Bertz CT molecular complexity index is 208. The zero-order valence-corrected chi connectivity index (χ0v) is 17.2. The number of hydrogen-bond donors (Lipinski definition) is 0. The van der Waals surface area contributed by atoms with Crippen LogP contribution in [0, 0.1) is 11.8 Å². The van der Waals surface area contributed by atoms with Crippen LogP contribution in [0.1, 0.15) is 137 Å². The molecule has 0 amide bonds. The summed E-state index contributed by atoms with van der Waals surface area (Å²) in [5.74, 6) is 2.03. The lowest BCUT2D eigenvalue weighted by Crippen LogP contribution is -2.09. The molecular formula is C23H48. The minimum absolute atomic E-state index is 1.01. The lowest BCUT2D eigenvalue weighted by atomic mass is 9.83. The first-order valence-corrected chi connectivity index (χ1v) is 11.3. The summed E-state index contributed by atoms with van der Waals surface area (Å²) in [7, 11) is 0. The van der Waals surface area contributed by atoms with Crippen molar-refractivity contribution in [3.05, 3.63) is 0 Å². The summed E-state index contributed by atoms with van der Waals surface area (Å²) in [6.45, 7) is 9.42. The van der Waals surface area contributed by atoms with Gasteiger partial charge in [0.1, 0.15) is 0 Å². The fraction of sp³-hybridized carbons (Fsp3) is 1.00. The van der Waals surface area contributed by atoms with Crippen LogP contribution in [-0.2, 0) is 0 Å². The second kappa shape index (κ2) is 18.3. The van der Waals surface area contributed by atoms with Crippen LogP contribution in [0.2, 0.25) is 0 Å². The van der Waals surface area contributed by atoms with E-state index in [0.29, 0.717) is 0 Å². The van der Waals surface area contributed by atoms with Gasteiger partial charge >= 0.3 is 0 Å². The minimum Gasteiger partial charge on any atom is -0.0654 e. The first-order chi connectivity index (χ1) is 11.3. The van der Waals surface area contributed by atoms with Gasteiger partial charge in [0, 0.05) is 0 Å². The number of hydrogen-bond acceptors (Lipinski definition) is 0. The van der Waals surface area contributed by atoms with Gasteiger partial charge in [-0.05, 0) is 18.3 Å². The Morgan fingerprint density at radius 2 is 0.913 bits per heavy atom. The molecule has 0 radical (unpaired) electrons. The minimum atomic E-state index is 1.01. The van der Waals surface area contributed by atoms with E-state index in [-0.39, 0.29) is 0 Å². The highest BCUT2D eigenvalue weighted by Gasteiger charge is 2.14. The fourth-order valence-electron chi connectivity index (χ4n) is 4.00. The van der Waals surface area contributed by atoms with Crippen LogP contribution >= 0.6 is 0 Å². The lowest BCUT2D eigenvalue weighted by Gasteiger charge is -2.23. The molecule has 0 saturated heterocycles. The van der Waals surface area contributed by atoms with Crippen LogP contribution in [0.4, 0.5) is 0 Å². The van der Waals surface area contributed by atoms with Crippen molar-refractivity contribution < 1.29 is 0 Å². The molecule has 0 fully saturated rings. The van der Waals surface area contributed by atoms with Crippen molar-refractivity contribution in [3.8, 4) is 0 Å². The highest BCUT2D eigenvalue weighted by molar-refractivity contribution is 4.67. The molecule has 2 atom stereocenters. The molecule has 0 aliphatic carbocycles. The van der Waals surface area contributed by atoms with Crippen LogP contribution < -0.4 is 0 Å². The molecule has 23 heavy (non-hydrogen) atoms. The second-order valence-corrected chi connectivity index (χ2v) is 7.92. The summed E-state index contributed by atoms with van der Waals surface area (Å²) >= 11 is 0. The number of rotatable bonds is 18. The molecule has 0 aromatic heterocycles. The first kappa shape index (κ1) is 23.0. The summed E-state index contributed by atoms with van der Waals surface area (Å²) in [6.07, 6.45) is 24.7. The van der Waals surface area contributed by atoms with E-state index in [9.17, 15) is 0 Å². The average molecular weight is 325 g/mol. The van der Waals surface area contributed by atoms with Crippen molar-refractivity contribution in [3.63, 3.8) is 0 Å². The molecule has 0 aromatic rings. The highest BCUT2D eigenvalue weighted by Crippen LogP contribution is 2.28. The molecule has 140 valence electrons. The summed E-state index contributed by atoms with van der Waals surface area (Å²) in [6, 6.07) is 0. The van der Waals surface area contributed by atoms with E-state index in [1.54, 1.807) is 0 Å². The fourth-order valence-corrected chi connectivity index (χ4v) is 4.00. The van der Waals surface area contributed by atoms with Gasteiger partial charge in [0.15, 0.2) is 0 Å². The maximum Gasteiger partial charge on any atom is -0.0412 e. The van der Waals surface area contributed by atoms with Gasteiger partial charge in [0.05, 0.1) is 0 Å². The summed E-state index contributed by atoms with van der Waals surface area (Å²) < 4.78 is 0. The molecule has 0 heterocycles. The second-order valence-electron chi connectivity index (χ2n) is 7.92. The van der Waals surface area contributed by atoms with Gasteiger partial charge in [-0.15, -0.1) is 0 Å². The predicted molar refractivity (Wildman–Crippen MR) is 108 cm³/mol. The van der Waals surface area contributed by atoms with Gasteiger partial charge in [-0.2, -0.15) is 0 Å². The average Bonchev–Trinajstić information content (AvgIpc) is 2.56. The quantitative estimate of drug-likeness (QED) is 0.221. The van der Waals surface area contributed by atoms with Crippen molar-refractivity contribution in [1.29, 1.82) is 0 Å². The van der Waals surface area contributed by atoms with Crippen LogP contribution in [0.5, 0.6) is 0 Å². The number of unbranched alkanes of at least 4 members (excludes halogenated alkanes) is 9. The van der Waals surface area contributed by atoms with E-state index < -0.39 is 0 Å². The zero-order chi connectivity index (χ0) is 17.2. The summed E-state index contributed by atoms with van der Waals surface area (Å²) in [4.78, 5) is 0. The molecule has 0 bridgehead atoms. The molecule has 0 heteroatoms. The van der Waals surface area contributed by atoms with Crippen molar-refractivity contribution in [2.24, 2.45) is 11.8 Å². The summed E-state index contributed by atoms with van der Waals surface area (Å²) in [5, 5.41) is 0. The van der Waals surface area contributed by atoms with Crippen molar-refractivity contribution >= 4 is 0 Å². The Morgan fingerprint density at radius 1 is 0.435 bits per heavy atom. The largest absolute Gasteiger partial charge is 0.0654 e. The predicted octanol–water partition coefficient (Wildman–Crippen LogP) is 8.93. The van der Waals surface area contributed by atoms with E-state index in [1.165, 1.54) is 109 Å². The molecule has 0 saturated carbocycles. The van der Waals surface area contributed by atoms with Gasteiger partial charge in [0.2, 0.25) is 0 Å². The van der Waals surface area contributed by atoms with E-state index in [1.807, 2.05) is 0 Å². The molecule has 0 nitrogen and oxygen atoms in total. The maximum absolute atomic E-state index is 2.42. The van der Waals surface area contributed by atoms with Gasteiger partial charge < -0.3 is 0 Å². The van der Waals surface area contributed by atoms with Crippen molar-refractivity contribution in [1.82, 2.24) is 0 Å². The Kier molecular flexibility index (Phi) is 18.3. The third-order valence-corrected chi connectivity index (χ3v) is 5.62. The molecule has 0 aliphatic heterocycles. The SMILES string of the molecule is CCCCCCCCC(CCC)CC(CC)CCCCCCC. The lowest BCUT2D eigenvalue weighted by molar-refractivity contribution is 0.299. The molecule has 0 N–H and O–H groups in total. The zero-order valence-electron chi connectivity index (χ0n) is 17.2. The Balaban J connectivity index is 3.86. The molecule has 0 spiro atoms. The van der Waals surface area contributed by atoms with E-state index in [0.717, 1.165) is 11.8 Å². The van der Waals surface area contributed by atoms with E-state index in [4.69, 9.17) is 0 Å². The van der Waals surface area contributed by atoms with E-state index >= 15 is 0 Å². The third kappa shape index (κ3) is 15.3. The summed E-state index contributed by atoms with van der Waals surface area (Å²) in [5.41, 5.74) is 0. The molecule has 2 unspecified atom stereocenters. The van der Waals surface area contributed by atoms with Crippen LogP contribution in [0.3, 0.4) is 0 Å². The monoisotopic (exact) mass is 324 g/mol. The van der Waals surface area contributed by atoms with Gasteiger partial charge in [-0.1, -0.05) is 130 Å². The van der Waals surface area contributed by atoms with Crippen molar-refractivity contribution in [2.75, 3.05) is 0 Å². The van der Waals surface area contributed by atoms with Gasteiger partial charge in [-0.3, -0.25) is 0 Å². The molecular weight excluding hydrogens is 276 g/mol. The maximum atomic E-state index is 2.42. The Hall–Kier alpha value is 0. The van der Waals surface area contributed by atoms with Crippen LogP contribution in [0.25, 0.3) is 0 Å². The normalized spacial score (nSPS) is 14.1. The van der Waals surface area contributed by atoms with Crippen LogP contribution in [-0.4, -0.2) is 0 Å². The van der Waals surface area contributed by atoms with Crippen LogP contribution in [0.15, 0.2) is 0 Å². The highest BCUT2D eigenvalue weighted by atomic mass is 14.2. The Labute approximate surface area is 149 Å². The Morgan fingerprint density at radius 3 is 1.39 bits per heavy atom. The third-order valence-electron chi connectivity index (χ3n) is 5.62. The standard InChI is InChI=1S/C23H48/c1-5-9-11-13-15-17-20-23(18-7-3)21-22(8-4)19-16-14-12-10-6-2/h22-23H,5-21H2,1-4H3. The molecule has 0 aromatic carbocycles. The smallest absolute Gasteiger partial charge is 0.0412 e. The van der Waals surface area contributed by atoms with Gasteiger partial charge in [0.25, 0.3) is 0 Å².